The summed E-state index contributed by atoms with van der Waals surface area (Å²) in [5, 5.41) is 8.06. The van der Waals surface area contributed by atoms with Crippen LogP contribution in [0.4, 0.5) is 5.69 Å². The molecule has 0 heterocycles. The first-order chi connectivity index (χ1) is 9.04. The Kier molecular flexibility index (Phi) is 5.06. The van der Waals surface area contributed by atoms with Crippen molar-refractivity contribution >= 4 is 34.6 Å². The van der Waals surface area contributed by atoms with Crippen molar-refractivity contribution in [1.82, 2.24) is 5.32 Å². The van der Waals surface area contributed by atoms with Crippen molar-refractivity contribution < 1.29 is 0 Å². The van der Waals surface area contributed by atoms with E-state index in [2.05, 4.69) is 17.6 Å². The van der Waals surface area contributed by atoms with Gasteiger partial charge in [0, 0.05) is 16.8 Å². The quantitative estimate of drug-likeness (QED) is 0.785. The lowest BCUT2D eigenvalue weighted by Crippen LogP contribution is -2.39. The van der Waals surface area contributed by atoms with Crippen molar-refractivity contribution in [2.45, 2.75) is 45.6 Å². The van der Waals surface area contributed by atoms with Crippen LogP contribution in [0.25, 0.3) is 0 Å². The second kappa shape index (κ2) is 6.58. The Bertz CT molecular complexity index is 453. The lowest BCUT2D eigenvalue weighted by atomic mass is 9.87. The van der Waals surface area contributed by atoms with Crippen molar-refractivity contribution in [1.29, 1.82) is 0 Å². The van der Waals surface area contributed by atoms with Gasteiger partial charge in [0.2, 0.25) is 0 Å². The number of thiocarbonyl (C=S) groups is 1. The molecule has 4 heteroatoms. The van der Waals surface area contributed by atoms with Crippen LogP contribution in [0, 0.1) is 12.8 Å². The number of halogens is 1. The molecule has 0 saturated heterocycles. The minimum absolute atomic E-state index is 0.511. The van der Waals surface area contributed by atoms with Gasteiger partial charge in [-0.05, 0) is 68.4 Å². The molecule has 2 rings (SSSR count). The van der Waals surface area contributed by atoms with Crippen LogP contribution < -0.4 is 10.6 Å². The molecule has 0 amide bonds. The Morgan fingerprint density at radius 2 is 1.95 bits per heavy atom. The fraction of sp³-hybridized carbons (Fsp3) is 0.533. The number of rotatable bonds is 2. The molecule has 104 valence electrons. The molecule has 2 nitrogen and oxygen atoms in total. The Balaban J connectivity index is 1.85. The highest BCUT2D eigenvalue weighted by atomic mass is 35.5. The molecule has 0 atom stereocenters. The van der Waals surface area contributed by atoms with E-state index in [1.54, 1.807) is 0 Å². The van der Waals surface area contributed by atoms with Gasteiger partial charge >= 0.3 is 0 Å². The molecule has 1 aromatic carbocycles. The monoisotopic (exact) mass is 296 g/mol. The van der Waals surface area contributed by atoms with Crippen molar-refractivity contribution in [2.75, 3.05) is 5.32 Å². The van der Waals surface area contributed by atoms with Gasteiger partial charge in [-0.1, -0.05) is 24.6 Å². The van der Waals surface area contributed by atoms with Gasteiger partial charge in [-0.3, -0.25) is 0 Å². The zero-order chi connectivity index (χ0) is 13.8. The molecule has 0 aliphatic heterocycles. The van der Waals surface area contributed by atoms with E-state index in [4.69, 9.17) is 23.8 Å². The molecular weight excluding hydrogens is 276 g/mol. The summed E-state index contributed by atoms with van der Waals surface area (Å²) in [6.07, 6.45) is 4.99. The molecule has 19 heavy (non-hydrogen) atoms. The third-order valence-corrected chi connectivity index (χ3v) is 4.41. The van der Waals surface area contributed by atoms with E-state index < -0.39 is 0 Å². The van der Waals surface area contributed by atoms with E-state index in [0.717, 1.165) is 22.2 Å². The zero-order valence-corrected chi connectivity index (χ0v) is 13.1. The van der Waals surface area contributed by atoms with Crippen LogP contribution in [0.2, 0.25) is 5.02 Å². The molecule has 2 N–H and O–H groups in total. The minimum Gasteiger partial charge on any atom is -0.360 e. The molecule has 1 saturated carbocycles. The van der Waals surface area contributed by atoms with E-state index in [1.807, 2.05) is 25.1 Å². The maximum atomic E-state index is 6.10. The summed E-state index contributed by atoms with van der Waals surface area (Å²) in [5.41, 5.74) is 2.02. The smallest absolute Gasteiger partial charge is 0.170 e. The van der Waals surface area contributed by atoms with Gasteiger partial charge in [0.1, 0.15) is 0 Å². The Morgan fingerprint density at radius 1 is 1.26 bits per heavy atom. The topological polar surface area (TPSA) is 24.1 Å². The third kappa shape index (κ3) is 4.36. The first kappa shape index (κ1) is 14.6. The van der Waals surface area contributed by atoms with Crippen LogP contribution in [-0.4, -0.2) is 11.2 Å². The third-order valence-electron chi connectivity index (χ3n) is 3.78. The minimum atomic E-state index is 0.511. The molecule has 1 aliphatic rings. The largest absolute Gasteiger partial charge is 0.360 e. The highest BCUT2D eigenvalue weighted by Gasteiger charge is 2.18. The number of benzene rings is 1. The van der Waals surface area contributed by atoms with Gasteiger partial charge in [0.25, 0.3) is 0 Å². The summed E-state index contributed by atoms with van der Waals surface area (Å²) < 4.78 is 0. The van der Waals surface area contributed by atoms with Crippen molar-refractivity contribution in [2.24, 2.45) is 5.92 Å². The first-order valence-electron chi connectivity index (χ1n) is 6.88. The number of hydrogen-bond donors (Lipinski definition) is 2. The lowest BCUT2D eigenvalue weighted by molar-refractivity contribution is 0.332. The first-order valence-corrected chi connectivity index (χ1v) is 7.67. The van der Waals surface area contributed by atoms with E-state index in [-0.39, 0.29) is 0 Å². The molecule has 1 aromatic rings. The number of nitrogens with one attached hydrogen (secondary N) is 2. The summed E-state index contributed by atoms with van der Waals surface area (Å²) in [6, 6.07) is 6.42. The fourth-order valence-corrected chi connectivity index (χ4v) is 2.89. The van der Waals surface area contributed by atoms with Crippen LogP contribution in [0.15, 0.2) is 18.2 Å². The SMILES string of the molecule is Cc1ccc(NC(=S)NC2CCC(C)CC2)cc1Cl. The van der Waals surface area contributed by atoms with Gasteiger partial charge in [0.05, 0.1) is 0 Å². The van der Waals surface area contributed by atoms with Gasteiger partial charge < -0.3 is 10.6 Å². The van der Waals surface area contributed by atoms with Crippen molar-refractivity contribution in [3.8, 4) is 0 Å². The Morgan fingerprint density at radius 3 is 2.58 bits per heavy atom. The highest BCUT2D eigenvalue weighted by Crippen LogP contribution is 2.24. The summed E-state index contributed by atoms with van der Waals surface area (Å²) in [4.78, 5) is 0. The standard InChI is InChI=1S/C15H21ClN2S/c1-10-3-6-12(7-4-10)17-15(19)18-13-8-5-11(2)14(16)9-13/h5,8-10,12H,3-4,6-7H2,1-2H3,(H2,17,18,19). The summed E-state index contributed by atoms with van der Waals surface area (Å²) >= 11 is 11.5. The lowest BCUT2D eigenvalue weighted by Gasteiger charge is -2.28. The fourth-order valence-electron chi connectivity index (χ4n) is 2.43. The Labute approximate surface area is 125 Å². The molecule has 0 aromatic heterocycles. The number of aryl methyl sites for hydroxylation is 1. The van der Waals surface area contributed by atoms with Crippen LogP contribution in [0.3, 0.4) is 0 Å². The van der Waals surface area contributed by atoms with Crippen LogP contribution in [0.1, 0.15) is 38.2 Å². The van der Waals surface area contributed by atoms with Crippen LogP contribution in [-0.2, 0) is 0 Å². The molecule has 1 aliphatic carbocycles. The van der Waals surface area contributed by atoms with Crippen molar-refractivity contribution in [3.05, 3.63) is 28.8 Å². The molecule has 0 unspecified atom stereocenters. The molecular formula is C15H21ClN2S. The normalized spacial score (nSPS) is 22.9. The van der Waals surface area contributed by atoms with Gasteiger partial charge in [-0.25, -0.2) is 0 Å². The van der Waals surface area contributed by atoms with E-state index in [9.17, 15) is 0 Å². The molecule has 0 spiro atoms. The van der Waals surface area contributed by atoms with E-state index >= 15 is 0 Å². The van der Waals surface area contributed by atoms with E-state index in [0.29, 0.717) is 11.2 Å². The predicted octanol–water partition coefficient (Wildman–Crippen LogP) is 4.51. The maximum Gasteiger partial charge on any atom is 0.170 e. The van der Waals surface area contributed by atoms with Gasteiger partial charge in [-0.2, -0.15) is 0 Å². The van der Waals surface area contributed by atoms with Gasteiger partial charge in [-0.15, -0.1) is 0 Å². The predicted molar refractivity (Wildman–Crippen MR) is 87.0 cm³/mol. The van der Waals surface area contributed by atoms with E-state index in [1.165, 1.54) is 25.7 Å². The zero-order valence-electron chi connectivity index (χ0n) is 11.5. The van der Waals surface area contributed by atoms with Gasteiger partial charge in [0.15, 0.2) is 5.11 Å². The van der Waals surface area contributed by atoms with Crippen molar-refractivity contribution in [3.63, 3.8) is 0 Å². The average Bonchev–Trinajstić information content (AvgIpc) is 2.37. The number of hydrogen-bond acceptors (Lipinski definition) is 1. The van der Waals surface area contributed by atoms with Crippen LogP contribution >= 0.6 is 23.8 Å². The average molecular weight is 297 g/mol. The molecule has 0 bridgehead atoms. The maximum absolute atomic E-state index is 6.10. The second-order valence-corrected chi connectivity index (χ2v) is 6.33. The van der Waals surface area contributed by atoms with Crippen LogP contribution in [0.5, 0.6) is 0 Å². The summed E-state index contributed by atoms with van der Waals surface area (Å²) in [5.74, 6) is 0.857. The Hall–Kier alpha value is -0.800. The second-order valence-electron chi connectivity index (χ2n) is 5.52. The highest BCUT2D eigenvalue weighted by molar-refractivity contribution is 7.80. The molecule has 0 radical (unpaired) electrons. The molecule has 1 fully saturated rings. The number of anilines is 1. The summed E-state index contributed by atoms with van der Waals surface area (Å²) in [7, 11) is 0. The summed E-state index contributed by atoms with van der Waals surface area (Å²) in [6.45, 7) is 4.31.